The molecule has 1 amide bonds. The van der Waals surface area contributed by atoms with Crippen molar-refractivity contribution in [1.82, 2.24) is 5.32 Å². The van der Waals surface area contributed by atoms with Crippen LogP contribution in [0.15, 0.2) is 0 Å². The van der Waals surface area contributed by atoms with Crippen molar-refractivity contribution in [1.29, 1.82) is 0 Å². The lowest BCUT2D eigenvalue weighted by atomic mass is 9.78. The summed E-state index contributed by atoms with van der Waals surface area (Å²) >= 11 is 0. The Kier molecular flexibility index (Phi) is 5.26. The van der Waals surface area contributed by atoms with Crippen LogP contribution in [0.25, 0.3) is 0 Å². The van der Waals surface area contributed by atoms with Crippen LogP contribution in [0.5, 0.6) is 0 Å². The van der Waals surface area contributed by atoms with Crippen molar-refractivity contribution >= 4 is 5.91 Å². The SMILES string of the molecule is CCC(C)CNC(=O)C1CCC(N)CC1C. The van der Waals surface area contributed by atoms with Crippen LogP contribution in [0.2, 0.25) is 0 Å². The van der Waals surface area contributed by atoms with Gasteiger partial charge in [0.15, 0.2) is 0 Å². The molecular weight excluding hydrogens is 200 g/mol. The molecule has 0 saturated heterocycles. The van der Waals surface area contributed by atoms with Crippen molar-refractivity contribution in [2.75, 3.05) is 6.54 Å². The average Bonchev–Trinajstić information content (AvgIpc) is 2.25. The lowest BCUT2D eigenvalue weighted by Gasteiger charge is -2.31. The fourth-order valence-corrected chi connectivity index (χ4v) is 2.38. The second-order valence-corrected chi connectivity index (χ2v) is 5.42. The molecule has 1 aliphatic carbocycles. The normalized spacial score (nSPS) is 32.1. The maximum Gasteiger partial charge on any atom is 0.223 e. The molecule has 16 heavy (non-hydrogen) atoms. The largest absolute Gasteiger partial charge is 0.356 e. The maximum atomic E-state index is 12.0. The Bertz CT molecular complexity index is 230. The molecular formula is C13H26N2O. The van der Waals surface area contributed by atoms with Gasteiger partial charge in [0.1, 0.15) is 0 Å². The minimum absolute atomic E-state index is 0.184. The lowest BCUT2D eigenvalue weighted by Crippen LogP contribution is -2.41. The first-order valence-corrected chi connectivity index (χ1v) is 6.57. The van der Waals surface area contributed by atoms with E-state index >= 15 is 0 Å². The highest BCUT2D eigenvalue weighted by atomic mass is 16.1. The zero-order valence-electron chi connectivity index (χ0n) is 10.8. The molecule has 94 valence electrons. The lowest BCUT2D eigenvalue weighted by molar-refractivity contribution is -0.127. The fourth-order valence-electron chi connectivity index (χ4n) is 2.38. The first-order valence-electron chi connectivity index (χ1n) is 6.57. The molecule has 0 aromatic rings. The molecule has 1 fully saturated rings. The molecule has 4 unspecified atom stereocenters. The van der Waals surface area contributed by atoms with Gasteiger partial charge in [0.25, 0.3) is 0 Å². The zero-order valence-corrected chi connectivity index (χ0v) is 10.8. The van der Waals surface area contributed by atoms with Crippen molar-refractivity contribution in [3.05, 3.63) is 0 Å². The number of carbonyl (C=O) groups excluding carboxylic acids is 1. The molecule has 3 heteroatoms. The van der Waals surface area contributed by atoms with Crippen LogP contribution in [-0.4, -0.2) is 18.5 Å². The van der Waals surface area contributed by atoms with E-state index in [1.54, 1.807) is 0 Å². The smallest absolute Gasteiger partial charge is 0.223 e. The minimum Gasteiger partial charge on any atom is -0.356 e. The Morgan fingerprint density at radius 3 is 2.75 bits per heavy atom. The van der Waals surface area contributed by atoms with Crippen LogP contribution in [0.1, 0.15) is 46.5 Å². The summed E-state index contributed by atoms with van der Waals surface area (Å²) < 4.78 is 0. The molecule has 3 N–H and O–H groups in total. The van der Waals surface area contributed by atoms with E-state index in [0.29, 0.717) is 17.9 Å². The summed E-state index contributed by atoms with van der Waals surface area (Å²) in [4.78, 5) is 12.0. The van der Waals surface area contributed by atoms with Gasteiger partial charge in [-0.2, -0.15) is 0 Å². The Hall–Kier alpha value is -0.570. The molecule has 0 bridgehead atoms. The monoisotopic (exact) mass is 226 g/mol. The second-order valence-electron chi connectivity index (χ2n) is 5.42. The fraction of sp³-hybridized carbons (Fsp3) is 0.923. The van der Waals surface area contributed by atoms with Crippen molar-refractivity contribution in [3.63, 3.8) is 0 Å². The summed E-state index contributed by atoms with van der Waals surface area (Å²) in [6, 6.07) is 0.300. The van der Waals surface area contributed by atoms with Gasteiger partial charge in [-0.05, 0) is 31.1 Å². The average molecular weight is 226 g/mol. The predicted molar refractivity (Wildman–Crippen MR) is 66.9 cm³/mol. The maximum absolute atomic E-state index is 12.0. The van der Waals surface area contributed by atoms with E-state index in [1.165, 1.54) is 0 Å². The summed E-state index contributed by atoms with van der Waals surface area (Å²) in [5.41, 5.74) is 5.90. The molecule has 0 heterocycles. The topological polar surface area (TPSA) is 55.1 Å². The van der Waals surface area contributed by atoms with E-state index in [9.17, 15) is 4.79 Å². The highest BCUT2D eigenvalue weighted by Gasteiger charge is 2.30. The van der Waals surface area contributed by atoms with Gasteiger partial charge in [-0.15, -0.1) is 0 Å². The number of nitrogens with one attached hydrogen (secondary N) is 1. The third kappa shape index (κ3) is 3.78. The summed E-state index contributed by atoms with van der Waals surface area (Å²) in [5, 5.41) is 3.07. The van der Waals surface area contributed by atoms with Crippen LogP contribution in [0.4, 0.5) is 0 Å². The van der Waals surface area contributed by atoms with E-state index in [1.807, 2.05) is 0 Å². The van der Waals surface area contributed by atoms with E-state index < -0.39 is 0 Å². The van der Waals surface area contributed by atoms with Gasteiger partial charge in [0.05, 0.1) is 0 Å². The number of amides is 1. The number of rotatable bonds is 4. The summed E-state index contributed by atoms with van der Waals surface area (Å²) in [5.74, 6) is 1.43. The minimum atomic E-state index is 0.184. The molecule has 0 aliphatic heterocycles. The van der Waals surface area contributed by atoms with E-state index in [2.05, 4.69) is 26.1 Å². The standard InChI is InChI=1S/C13H26N2O/c1-4-9(2)8-15-13(16)12-6-5-11(14)7-10(12)3/h9-12H,4-8,14H2,1-3H3,(H,15,16). The van der Waals surface area contributed by atoms with Crippen LogP contribution in [0.3, 0.4) is 0 Å². The number of hydrogen-bond acceptors (Lipinski definition) is 2. The van der Waals surface area contributed by atoms with Gasteiger partial charge >= 0.3 is 0 Å². The molecule has 1 rings (SSSR count). The highest BCUT2D eigenvalue weighted by molar-refractivity contribution is 5.79. The number of carbonyl (C=O) groups is 1. The van der Waals surface area contributed by atoms with Crippen molar-refractivity contribution in [2.24, 2.45) is 23.5 Å². The van der Waals surface area contributed by atoms with Gasteiger partial charge in [-0.1, -0.05) is 27.2 Å². The Morgan fingerprint density at radius 1 is 1.50 bits per heavy atom. The molecule has 3 nitrogen and oxygen atoms in total. The number of hydrogen-bond donors (Lipinski definition) is 2. The quantitative estimate of drug-likeness (QED) is 0.769. The highest BCUT2D eigenvalue weighted by Crippen LogP contribution is 2.29. The second kappa shape index (κ2) is 6.24. The van der Waals surface area contributed by atoms with Gasteiger partial charge < -0.3 is 11.1 Å². The van der Waals surface area contributed by atoms with E-state index in [4.69, 9.17) is 5.73 Å². The third-order valence-electron chi connectivity index (χ3n) is 3.87. The number of nitrogens with two attached hydrogens (primary N) is 1. The first kappa shape index (κ1) is 13.5. The third-order valence-corrected chi connectivity index (χ3v) is 3.87. The summed E-state index contributed by atoms with van der Waals surface area (Å²) in [7, 11) is 0. The summed E-state index contributed by atoms with van der Waals surface area (Å²) in [6.45, 7) is 7.27. The molecule has 0 spiro atoms. The van der Waals surface area contributed by atoms with Gasteiger partial charge in [-0.3, -0.25) is 4.79 Å². The van der Waals surface area contributed by atoms with Crippen LogP contribution < -0.4 is 11.1 Å². The molecule has 0 radical (unpaired) electrons. The molecule has 1 saturated carbocycles. The Labute approximate surface area is 99.2 Å². The van der Waals surface area contributed by atoms with E-state index in [-0.39, 0.29) is 11.8 Å². The van der Waals surface area contributed by atoms with Crippen LogP contribution >= 0.6 is 0 Å². The van der Waals surface area contributed by atoms with Crippen molar-refractivity contribution < 1.29 is 4.79 Å². The van der Waals surface area contributed by atoms with Crippen molar-refractivity contribution in [2.45, 2.75) is 52.5 Å². The summed E-state index contributed by atoms with van der Waals surface area (Å²) in [6.07, 6.45) is 4.05. The molecule has 1 aliphatic rings. The zero-order chi connectivity index (χ0) is 12.1. The van der Waals surface area contributed by atoms with Crippen molar-refractivity contribution in [3.8, 4) is 0 Å². The van der Waals surface area contributed by atoms with Gasteiger partial charge in [-0.25, -0.2) is 0 Å². The molecule has 0 aromatic heterocycles. The first-order chi connectivity index (χ1) is 7.54. The molecule has 0 aromatic carbocycles. The van der Waals surface area contributed by atoms with Crippen LogP contribution in [-0.2, 0) is 4.79 Å². The van der Waals surface area contributed by atoms with Gasteiger partial charge in [0.2, 0.25) is 5.91 Å². The predicted octanol–water partition coefficient (Wildman–Crippen LogP) is 1.91. The Balaban J connectivity index is 2.36. The van der Waals surface area contributed by atoms with E-state index in [0.717, 1.165) is 32.2 Å². The molecule has 4 atom stereocenters. The Morgan fingerprint density at radius 2 is 2.19 bits per heavy atom. The van der Waals surface area contributed by atoms with Gasteiger partial charge in [0, 0.05) is 18.5 Å². The van der Waals surface area contributed by atoms with Crippen LogP contribution in [0, 0.1) is 17.8 Å².